The lowest BCUT2D eigenvalue weighted by Crippen LogP contribution is -1.98. The maximum absolute atomic E-state index is 10.8. The van der Waals surface area contributed by atoms with Crippen LogP contribution in [0.4, 0.5) is 5.69 Å². The maximum atomic E-state index is 10.8. The van der Waals surface area contributed by atoms with Gasteiger partial charge >= 0.3 is 0 Å². The zero-order valence-electron chi connectivity index (χ0n) is 10.6. The van der Waals surface area contributed by atoms with Gasteiger partial charge in [0, 0.05) is 22.2 Å². The average Bonchev–Trinajstić information content (AvgIpc) is 2.88. The molecule has 1 unspecified atom stereocenters. The summed E-state index contributed by atoms with van der Waals surface area (Å²) in [5.74, 6) is 0.323. The molecule has 0 spiro atoms. The first-order valence-corrected chi connectivity index (χ1v) is 6.77. The Hall–Kier alpha value is -1.80. The third kappa shape index (κ3) is 3.20. The normalized spacial score (nSPS) is 12.3. The summed E-state index contributed by atoms with van der Waals surface area (Å²) in [5, 5.41) is 24.3. The zero-order chi connectivity index (χ0) is 14.7. The van der Waals surface area contributed by atoms with Gasteiger partial charge in [-0.2, -0.15) is 4.98 Å². The molecule has 0 bridgehead atoms. The van der Waals surface area contributed by atoms with Gasteiger partial charge in [-0.1, -0.05) is 34.4 Å². The Bertz CT molecular complexity index is 629. The number of rotatable bonds is 5. The quantitative estimate of drug-likeness (QED) is 0.661. The molecule has 0 aliphatic heterocycles. The molecular formula is C12H12BrN3O4. The van der Waals surface area contributed by atoms with Crippen LogP contribution in [0.3, 0.4) is 0 Å². The summed E-state index contributed by atoms with van der Waals surface area (Å²) >= 11 is 3.20. The third-order valence-corrected chi connectivity index (χ3v) is 3.10. The van der Waals surface area contributed by atoms with Crippen LogP contribution in [-0.2, 0) is 0 Å². The minimum atomic E-state index is -0.792. The van der Waals surface area contributed by atoms with Crippen molar-refractivity contribution >= 4 is 21.6 Å². The van der Waals surface area contributed by atoms with Gasteiger partial charge in [0.15, 0.2) is 0 Å². The summed E-state index contributed by atoms with van der Waals surface area (Å²) < 4.78 is 5.58. The lowest BCUT2D eigenvalue weighted by atomic mass is 10.2. The molecule has 20 heavy (non-hydrogen) atoms. The van der Waals surface area contributed by atoms with Crippen LogP contribution < -0.4 is 0 Å². The lowest BCUT2D eigenvalue weighted by molar-refractivity contribution is -0.384. The summed E-state index contributed by atoms with van der Waals surface area (Å²) in [6.07, 6.45) is 0.519. The minimum absolute atomic E-state index is 0.0803. The zero-order valence-corrected chi connectivity index (χ0v) is 12.2. The standard InChI is InChI=1S/C12H12BrN3O4/c1-2-3-10(17)11-14-12(20-15-11)7-4-8(13)6-9(5-7)16(18)19/h4-6,10,17H,2-3H2,1H3. The van der Waals surface area contributed by atoms with E-state index in [2.05, 4.69) is 26.1 Å². The van der Waals surface area contributed by atoms with Crippen molar-refractivity contribution < 1.29 is 14.6 Å². The number of hydrogen-bond donors (Lipinski definition) is 1. The van der Waals surface area contributed by atoms with Gasteiger partial charge in [0.05, 0.1) is 4.92 Å². The van der Waals surface area contributed by atoms with Crippen LogP contribution in [0.5, 0.6) is 0 Å². The summed E-state index contributed by atoms with van der Waals surface area (Å²) in [7, 11) is 0. The summed E-state index contributed by atoms with van der Waals surface area (Å²) in [4.78, 5) is 14.4. The molecule has 1 atom stereocenters. The molecule has 0 radical (unpaired) electrons. The number of nitro groups is 1. The molecule has 0 amide bonds. The molecule has 0 fully saturated rings. The molecular weight excluding hydrogens is 330 g/mol. The Morgan fingerprint density at radius 2 is 2.25 bits per heavy atom. The minimum Gasteiger partial charge on any atom is -0.385 e. The fraction of sp³-hybridized carbons (Fsp3) is 0.333. The molecule has 8 heteroatoms. The first-order chi connectivity index (χ1) is 9.51. The molecule has 1 aromatic heterocycles. The Morgan fingerprint density at radius 3 is 2.90 bits per heavy atom. The van der Waals surface area contributed by atoms with Gasteiger partial charge < -0.3 is 9.63 Å². The van der Waals surface area contributed by atoms with E-state index in [-0.39, 0.29) is 17.4 Å². The number of aliphatic hydroxyl groups excluding tert-OH is 1. The fourth-order valence-corrected chi connectivity index (χ4v) is 2.17. The average molecular weight is 342 g/mol. The van der Waals surface area contributed by atoms with Crippen molar-refractivity contribution in [1.29, 1.82) is 0 Å². The van der Waals surface area contributed by atoms with Gasteiger partial charge in [-0.25, -0.2) is 0 Å². The van der Waals surface area contributed by atoms with E-state index in [0.717, 1.165) is 6.42 Å². The number of nitro benzene ring substituents is 1. The predicted molar refractivity (Wildman–Crippen MR) is 74.0 cm³/mol. The second kappa shape index (κ2) is 6.10. The van der Waals surface area contributed by atoms with E-state index in [1.165, 1.54) is 12.1 Å². The maximum Gasteiger partial charge on any atom is 0.271 e. The molecule has 0 saturated heterocycles. The number of halogens is 1. The van der Waals surface area contributed by atoms with Crippen molar-refractivity contribution in [3.63, 3.8) is 0 Å². The van der Waals surface area contributed by atoms with Gasteiger partial charge in [0.25, 0.3) is 11.6 Å². The van der Waals surface area contributed by atoms with Crippen molar-refractivity contribution in [2.45, 2.75) is 25.9 Å². The number of benzene rings is 1. The molecule has 1 N–H and O–H groups in total. The van der Waals surface area contributed by atoms with Gasteiger partial charge in [-0.3, -0.25) is 10.1 Å². The molecule has 1 heterocycles. The summed E-state index contributed by atoms with van der Waals surface area (Å²) in [6.45, 7) is 1.93. The van der Waals surface area contributed by atoms with Crippen molar-refractivity contribution in [2.75, 3.05) is 0 Å². The topological polar surface area (TPSA) is 102 Å². The third-order valence-electron chi connectivity index (χ3n) is 2.64. The highest BCUT2D eigenvalue weighted by atomic mass is 79.9. The van der Waals surface area contributed by atoms with Crippen LogP contribution in [0.2, 0.25) is 0 Å². The van der Waals surface area contributed by atoms with E-state index in [1.807, 2.05) is 6.92 Å². The molecule has 0 saturated carbocycles. The Morgan fingerprint density at radius 1 is 1.50 bits per heavy atom. The highest BCUT2D eigenvalue weighted by Crippen LogP contribution is 2.28. The Kier molecular flexibility index (Phi) is 4.46. The monoisotopic (exact) mass is 341 g/mol. The molecule has 7 nitrogen and oxygen atoms in total. The van der Waals surface area contributed by atoms with Crippen LogP contribution in [0.15, 0.2) is 27.2 Å². The fourth-order valence-electron chi connectivity index (χ4n) is 1.69. The number of aromatic nitrogens is 2. The van der Waals surface area contributed by atoms with Gasteiger partial charge in [-0.15, -0.1) is 0 Å². The van der Waals surface area contributed by atoms with Crippen LogP contribution >= 0.6 is 15.9 Å². The largest absolute Gasteiger partial charge is 0.385 e. The molecule has 0 aliphatic rings. The number of aliphatic hydroxyl groups is 1. The van der Waals surface area contributed by atoms with Crippen LogP contribution in [0, 0.1) is 10.1 Å². The van der Waals surface area contributed by atoms with Gasteiger partial charge in [0.1, 0.15) is 6.10 Å². The molecule has 2 aromatic rings. The summed E-state index contributed by atoms with van der Waals surface area (Å²) in [5.41, 5.74) is 0.344. The van der Waals surface area contributed by atoms with E-state index in [1.54, 1.807) is 6.07 Å². The van der Waals surface area contributed by atoms with E-state index in [0.29, 0.717) is 16.5 Å². The highest BCUT2D eigenvalue weighted by Gasteiger charge is 2.18. The summed E-state index contributed by atoms with van der Waals surface area (Å²) in [6, 6.07) is 4.36. The van der Waals surface area contributed by atoms with Crippen molar-refractivity contribution in [2.24, 2.45) is 0 Å². The van der Waals surface area contributed by atoms with Gasteiger partial charge in [0.2, 0.25) is 5.82 Å². The van der Waals surface area contributed by atoms with Crippen molar-refractivity contribution in [3.8, 4) is 11.5 Å². The van der Waals surface area contributed by atoms with Crippen LogP contribution in [0.1, 0.15) is 31.7 Å². The van der Waals surface area contributed by atoms with E-state index in [4.69, 9.17) is 4.52 Å². The van der Waals surface area contributed by atoms with Crippen LogP contribution in [-0.4, -0.2) is 20.2 Å². The first-order valence-electron chi connectivity index (χ1n) is 5.98. The van der Waals surface area contributed by atoms with Crippen LogP contribution in [0.25, 0.3) is 11.5 Å². The van der Waals surface area contributed by atoms with Gasteiger partial charge in [-0.05, 0) is 12.5 Å². The van der Waals surface area contributed by atoms with Crippen molar-refractivity contribution in [1.82, 2.24) is 10.1 Å². The predicted octanol–water partition coefficient (Wildman–Crippen LogP) is 3.24. The molecule has 1 aromatic carbocycles. The molecule has 106 valence electrons. The Balaban J connectivity index is 2.34. The Labute approximate surface area is 122 Å². The molecule has 2 rings (SSSR count). The second-order valence-electron chi connectivity index (χ2n) is 4.22. The number of non-ortho nitro benzene ring substituents is 1. The van der Waals surface area contributed by atoms with E-state index in [9.17, 15) is 15.2 Å². The first kappa shape index (κ1) is 14.6. The van der Waals surface area contributed by atoms with E-state index < -0.39 is 11.0 Å². The highest BCUT2D eigenvalue weighted by molar-refractivity contribution is 9.10. The number of hydrogen-bond acceptors (Lipinski definition) is 6. The smallest absolute Gasteiger partial charge is 0.271 e. The number of nitrogens with zero attached hydrogens (tertiary/aromatic N) is 3. The SMILES string of the molecule is CCCC(O)c1noc(-c2cc(Br)cc([N+](=O)[O-])c2)n1. The second-order valence-corrected chi connectivity index (χ2v) is 5.13. The molecule has 0 aliphatic carbocycles. The lowest BCUT2D eigenvalue weighted by Gasteiger charge is -2.01. The van der Waals surface area contributed by atoms with E-state index >= 15 is 0 Å². The van der Waals surface area contributed by atoms with Crippen molar-refractivity contribution in [3.05, 3.63) is 38.6 Å².